The topological polar surface area (TPSA) is 41.5 Å². The van der Waals surface area contributed by atoms with Crippen LogP contribution in [0.1, 0.15) is 36.1 Å². The van der Waals surface area contributed by atoms with Crippen molar-refractivity contribution in [3.05, 3.63) is 57.6 Å². The number of hydrogen-bond donors (Lipinski definition) is 1. The van der Waals surface area contributed by atoms with Crippen molar-refractivity contribution in [1.82, 2.24) is 0 Å². The fourth-order valence-corrected chi connectivity index (χ4v) is 3.08. The molecule has 2 aromatic rings. The summed E-state index contributed by atoms with van der Waals surface area (Å²) in [6.45, 7) is 6.11. The van der Waals surface area contributed by atoms with Gasteiger partial charge in [-0.1, -0.05) is 43.6 Å². The van der Waals surface area contributed by atoms with E-state index in [1.165, 1.54) is 0 Å². The van der Waals surface area contributed by atoms with Gasteiger partial charge in [0.05, 0.1) is 11.4 Å². The second-order valence-electron chi connectivity index (χ2n) is 5.64. The molecule has 0 saturated carbocycles. The zero-order valence-corrected chi connectivity index (χ0v) is 14.3. The van der Waals surface area contributed by atoms with Crippen LogP contribution in [0.15, 0.2) is 35.3 Å². The van der Waals surface area contributed by atoms with E-state index >= 15 is 0 Å². The predicted octanol–water partition coefficient (Wildman–Crippen LogP) is 4.85. The first-order valence-corrected chi connectivity index (χ1v) is 8.24. The Hall–Kier alpha value is -2.13. The van der Waals surface area contributed by atoms with E-state index in [0.717, 1.165) is 46.5 Å². The molecule has 3 rings (SSSR count). The molecule has 118 valence electrons. The van der Waals surface area contributed by atoms with Gasteiger partial charge in [-0.05, 0) is 48.6 Å². The zero-order chi connectivity index (χ0) is 16.6. The minimum absolute atomic E-state index is 0.168. The number of carbonyl (C=O) groups is 1. The highest BCUT2D eigenvalue weighted by atomic mass is 35.5. The maximum Gasteiger partial charge on any atom is 0.275 e. The molecule has 2 aromatic carbocycles. The van der Waals surface area contributed by atoms with Crippen LogP contribution in [0.2, 0.25) is 5.02 Å². The van der Waals surface area contributed by atoms with Crippen LogP contribution in [0, 0.1) is 6.92 Å². The first-order chi connectivity index (χ1) is 11.1. The number of hydrogen-bond acceptors (Lipinski definition) is 2. The summed E-state index contributed by atoms with van der Waals surface area (Å²) in [7, 11) is 0. The number of benzene rings is 2. The molecule has 23 heavy (non-hydrogen) atoms. The number of aryl methyl sites for hydroxylation is 2. The van der Waals surface area contributed by atoms with Crippen molar-refractivity contribution in [1.29, 1.82) is 0 Å². The Morgan fingerprint density at radius 3 is 2.35 bits per heavy atom. The number of para-hydroxylation sites is 1. The SMILES string of the molecule is CCc1cccc(CC)c1N=C1C(=O)Nc2c1ccc(Cl)c2C. The normalized spacial score (nSPS) is 15.0. The second kappa shape index (κ2) is 6.17. The molecule has 1 aliphatic heterocycles. The average Bonchev–Trinajstić information content (AvgIpc) is 2.88. The van der Waals surface area contributed by atoms with Gasteiger partial charge in [-0.25, -0.2) is 4.99 Å². The number of fused-ring (bicyclic) bond motifs is 1. The van der Waals surface area contributed by atoms with E-state index < -0.39 is 0 Å². The van der Waals surface area contributed by atoms with Gasteiger partial charge >= 0.3 is 0 Å². The van der Waals surface area contributed by atoms with E-state index in [1.54, 1.807) is 0 Å². The van der Waals surface area contributed by atoms with E-state index in [2.05, 4.69) is 31.3 Å². The van der Waals surface area contributed by atoms with Crippen molar-refractivity contribution in [2.45, 2.75) is 33.6 Å². The van der Waals surface area contributed by atoms with Crippen LogP contribution in [0.25, 0.3) is 0 Å². The highest BCUT2D eigenvalue weighted by Gasteiger charge is 2.28. The first-order valence-electron chi connectivity index (χ1n) is 7.87. The summed E-state index contributed by atoms with van der Waals surface area (Å²) >= 11 is 6.15. The molecule has 0 unspecified atom stereocenters. The third kappa shape index (κ3) is 2.66. The van der Waals surface area contributed by atoms with Crippen LogP contribution in [0.3, 0.4) is 0 Å². The Kier molecular flexibility index (Phi) is 4.22. The van der Waals surface area contributed by atoms with Crippen molar-refractivity contribution in [3.63, 3.8) is 0 Å². The summed E-state index contributed by atoms with van der Waals surface area (Å²) < 4.78 is 0. The molecule has 0 radical (unpaired) electrons. The van der Waals surface area contributed by atoms with Crippen LogP contribution in [-0.2, 0) is 17.6 Å². The van der Waals surface area contributed by atoms with Crippen LogP contribution < -0.4 is 5.32 Å². The third-order valence-corrected chi connectivity index (χ3v) is 4.71. The van der Waals surface area contributed by atoms with Crippen LogP contribution in [0.5, 0.6) is 0 Å². The lowest BCUT2D eigenvalue weighted by molar-refractivity contribution is -0.110. The van der Waals surface area contributed by atoms with Gasteiger partial charge in [0.2, 0.25) is 0 Å². The highest BCUT2D eigenvalue weighted by Crippen LogP contribution is 2.34. The molecule has 1 heterocycles. The molecule has 0 saturated heterocycles. The molecule has 0 fully saturated rings. The summed E-state index contributed by atoms with van der Waals surface area (Å²) in [6.07, 6.45) is 1.77. The number of nitrogens with one attached hydrogen (secondary N) is 1. The Labute approximate surface area is 141 Å². The summed E-state index contributed by atoms with van der Waals surface area (Å²) in [5.41, 5.74) is 6.17. The second-order valence-corrected chi connectivity index (χ2v) is 6.05. The largest absolute Gasteiger partial charge is 0.320 e. The molecule has 3 nitrogen and oxygen atoms in total. The standard InChI is InChI=1S/C19H19ClN2O/c1-4-12-7-6-8-13(5-2)17(12)21-18-14-9-10-15(20)11(3)16(14)22-19(18)23/h6-10H,4-5H2,1-3H3,(H,21,22,23). The average molecular weight is 327 g/mol. The number of aliphatic imine (C=N–C) groups is 1. The van der Waals surface area contributed by atoms with E-state index in [1.807, 2.05) is 25.1 Å². The molecule has 1 amide bonds. The van der Waals surface area contributed by atoms with Gasteiger partial charge in [0.15, 0.2) is 0 Å². The number of anilines is 1. The van der Waals surface area contributed by atoms with Gasteiger partial charge in [0.1, 0.15) is 5.71 Å². The number of rotatable bonds is 3. The molecule has 0 spiro atoms. The molecule has 0 aliphatic carbocycles. The molecule has 0 atom stereocenters. The lowest BCUT2D eigenvalue weighted by atomic mass is 10.0. The van der Waals surface area contributed by atoms with Gasteiger partial charge in [-0.2, -0.15) is 0 Å². The van der Waals surface area contributed by atoms with E-state index in [0.29, 0.717) is 10.7 Å². The quantitative estimate of drug-likeness (QED) is 0.861. The summed E-state index contributed by atoms with van der Waals surface area (Å²) in [6, 6.07) is 9.87. The number of amides is 1. The monoisotopic (exact) mass is 326 g/mol. The van der Waals surface area contributed by atoms with Crippen molar-refractivity contribution in [2.75, 3.05) is 5.32 Å². The molecule has 0 bridgehead atoms. The lowest BCUT2D eigenvalue weighted by Crippen LogP contribution is -2.14. The van der Waals surface area contributed by atoms with Gasteiger partial charge in [-0.3, -0.25) is 4.79 Å². The van der Waals surface area contributed by atoms with Crippen LogP contribution in [0.4, 0.5) is 11.4 Å². The van der Waals surface area contributed by atoms with Crippen LogP contribution in [-0.4, -0.2) is 11.6 Å². The van der Waals surface area contributed by atoms with E-state index in [-0.39, 0.29) is 5.91 Å². The number of carbonyl (C=O) groups excluding carboxylic acids is 1. The molecule has 1 aliphatic rings. The fourth-order valence-electron chi connectivity index (χ4n) is 2.92. The maximum atomic E-state index is 12.4. The Morgan fingerprint density at radius 2 is 1.74 bits per heavy atom. The summed E-state index contributed by atoms with van der Waals surface area (Å²) in [4.78, 5) is 17.2. The van der Waals surface area contributed by atoms with Crippen molar-refractivity contribution in [2.24, 2.45) is 4.99 Å². The molecular weight excluding hydrogens is 308 g/mol. The van der Waals surface area contributed by atoms with Gasteiger partial charge in [0.25, 0.3) is 5.91 Å². The summed E-state index contributed by atoms with van der Waals surface area (Å²) in [5, 5.41) is 3.54. The fraction of sp³-hybridized carbons (Fsp3) is 0.263. The Balaban J connectivity index is 2.20. The van der Waals surface area contributed by atoms with Crippen LogP contribution >= 0.6 is 11.6 Å². The summed E-state index contributed by atoms with van der Waals surface area (Å²) in [5.74, 6) is -0.168. The number of nitrogens with zero attached hydrogens (tertiary/aromatic N) is 1. The van der Waals surface area contributed by atoms with Gasteiger partial charge in [0, 0.05) is 10.6 Å². The first kappa shape index (κ1) is 15.8. The molecule has 1 N–H and O–H groups in total. The molecule has 0 aromatic heterocycles. The van der Waals surface area contributed by atoms with E-state index in [4.69, 9.17) is 16.6 Å². The zero-order valence-electron chi connectivity index (χ0n) is 13.5. The van der Waals surface area contributed by atoms with Crippen molar-refractivity contribution >= 4 is 34.6 Å². The van der Waals surface area contributed by atoms with Crippen molar-refractivity contribution < 1.29 is 4.79 Å². The highest BCUT2D eigenvalue weighted by molar-refractivity contribution is 6.54. The van der Waals surface area contributed by atoms with E-state index in [9.17, 15) is 4.79 Å². The predicted molar refractivity (Wildman–Crippen MR) is 96.2 cm³/mol. The molecule has 4 heteroatoms. The third-order valence-electron chi connectivity index (χ3n) is 4.30. The lowest BCUT2D eigenvalue weighted by Gasteiger charge is -2.09. The maximum absolute atomic E-state index is 12.4. The van der Waals surface area contributed by atoms with Crippen molar-refractivity contribution in [3.8, 4) is 0 Å². The smallest absolute Gasteiger partial charge is 0.275 e. The van der Waals surface area contributed by atoms with Gasteiger partial charge in [-0.15, -0.1) is 0 Å². The Bertz CT molecular complexity index is 802. The van der Waals surface area contributed by atoms with Gasteiger partial charge < -0.3 is 5.32 Å². The minimum Gasteiger partial charge on any atom is -0.320 e. The number of halogens is 1. The Morgan fingerprint density at radius 1 is 1.09 bits per heavy atom. The molecular formula is C19H19ClN2O. The minimum atomic E-state index is -0.168.